The molecule has 0 saturated carbocycles. The number of furan rings is 1. The SMILES string of the molecule is CC1(C)OB(c2cc3cc(Br)ccc3o2)OC1(C)C. The van der Waals surface area contributed by atoms with Crippen LogP contribution in [0.15, 0.2) is 33.2 Å². The Labute approximate surface area is 121 Å². The average Bonchev–Trinajstić information content (AvgIpc) is 2.78. The van der Waals surface area contributed by atoms with Gasteiger partial charge in [-0.1, -0.05) is 15.9 Å². The van der Waals surface area contributed by atoms with E-state index >= 15 is 0 Å². The van der Waals surface area contributed by atoms with Crippen LogP contribution in [-0.2, 0) is 9.31 Å². The minimum absolute atomic E-state index is 0.350. The van der Waals surface area contributed by atoms with E-state index in [4.69, 9.17) is 13.7 Å². The highest BCUT2D eigenvalue weighted by Gasteiger charge is 2.53. The molecule has 0 amide bonds. The lowest BCUT2D eigenvalue weighted by atomic mass is 9.86. The molecule has 0 atom stereocenters. The van der Waals surface area contributed by atoms with Crippen LogP contribution in [-0.4, -0.2) is 18.3 Å². The minimum atomic E-state index is -0.448. The predicted octanol–water partition coefficient (Wildman–Crippen LogP) is 3.49. The molecule has 1 aromatic carbocycles. The average molecular weight is 323 g/mol. The van der Waals surface area contributed by atoms with Gasteiger partial charge in [0.1, 0.15) is 11.2 Å². The van der Waals surface area contributed by atoms with Crippen molar-refractivity contribution < 1.29 is 13.7 Å². The van der Waals surface area contributed by atoms with Crippen LogP contribution in [0.4, 0.5) is 0 Å². The fraction of sp³-hybridized carbons (Fsp3) is 0.429. The fourth-order valence-corrected chi connectivity index (χ4v) is 2.49. The Hall–Kier alpha value is -0.775. The summed E-state index contributed by atoms with van der Waals surface area (Å²) in [6.07, 6.45) is 0. The molecule has 19 heavy (non-hydrogen) atoms. The first-order valence-electron chi connectivity index (χ1n) is 6.33. The lowest BCUT2D eigenvalue weighted by molar-refractivity contribution is 0.00578. The van der Waals surface area contributed by atoms with Gasteiger partial charge in [-0.25, -0.2) is 0 Å². The molecular formula is C14H16BBrO3. The van der Waals surface area contributed by atoms with E-state index in [2.05, 4.69) is 15.9 Å². The molecule has 0 radical (unpaired) electrons. The molecule has 1 aliphatic heterocycles. The second kappa shape index (κ2) is 4.11. The van der Waals surface area contributed by atoms with Crippen molar-refractivity contribution >= 4 is 39.7 Å². The van der Waals surface area contributed by atoms with Gasteiger partial charge in [0.2, 0.25) is 0 Å². The number of fused-ring (bicyclic) bond motifs is 1. The standard InChI is InChI=1S/C14H16BBrO3/c1-13(2)14(3,4)19-15(18-13)12-8-9-7-10(16)5-6-11(9)17-12/h5-8H,1-4H3. The molecule has 2 aromatic rings. The lowest BCUT2D eigenvalue weighted by Gasteiger charge is -2.32. The van der Waals surface area contributed by atoms with Crippen molar-refractivity contribution in [2.75, 3.05) is 0 Å². The van der Waals surface area contributed by atoms with Gasteiger partial charge in [-0.3, -0.25) is 0 Å². The third-order valence-electron chi connectivity index (χ3n) is 3.98. The Balaban J connectivity index is 1.98. The van der Waals surface area contributed by atoms with E-state index < -0.39 is 7.12 Å². The van der Waals surface area contributed by atoms with Gasteiger partial charge >= 0.3 is 7.12 Å². The van der Waals surface area contributed by atoms with Crippen LogP contribution < -0.4 is 5.66 Å². The summed E-state index contributed by atoms with van der Waals surface area (Å²) >= 11 is 3.46. The maximum Gasteiger partial charge on any atom is 0.532 e. The van der Waals surface area contributed by atoms with E-state index in [1.165, 1.54) is 0 Å². The molecule has 100 valence electrons. The summed E-state index contributed by atoms with van der Waals surface area (Å²) in [6, 6.07) is 7.89. The zero-order valence-corrected chi connectivity index (χ0v) is 13.1. The summed E-state index contributed by atoms with van der Waals surface area (Å²) in [7, 11) is -0.448. The second-order valence-electron chi connectivity index (χ2n) is 5.92. The van der Waals surface area contributed by atoms with Crippen LogP contribution in [0.1, 0.15) is 27.7 Å². The Morgan fingerprint density at radius 2 is 1.63 bits per heavy atom. The molecule has 0 aliphatic carbocycles. The van der Waals surface area contributed by atoms with Crippen molar-refractivity contribution in [3.63, 3.8) is 0 Å². The predicted molar refractivity (Wildman–Crippen MR) is 79.6 cm³/mol. The highest BCUT2D eigenvalue weighted by atomic mass is 79.9. The smallest absolute Gasteiger partial charge is 0.465 e. The third kappa shape index (κ3) is 2.14. The second-order valence-corrected chi connectivity index (χ2v) is 6.83. The molecule has 0 spiro atoms. The van der Waals surface area contributed by atoms with Gasteiger partial charge in [-0.05, 0) is 52.0 Å². The van der Waals surface area contributed by atoms with Gasteiger partial charge in [0.15, 0.2) is 0 Å². The Morgan fingerprint density at radius 1 is 1.00 bits per heavy atom. The van der Waals surface area contributed by atoms with Crippen LogP contribution in [0.5, 0.6) is 0 Å². The largest absolute Gasteiger partial charge is 0.532 e. The normalized spacial score (nSPS) is 21.2. The van der Waals surface area contributed by atoms with Gasteiger partial charge in [0.05, 0.1) is 11.2 Å². The van der Waals surface area contributed by atoms with Crippen molar-refractivity contribution in [3.05, 3.63) is 28.7 Å². The van der Waals surface area contributed by atoms with Gasteiger partial charge in [-0.15, -0.1) is 0 Å². The van der Waals surface area contributed by atoms with Crippen molar-refractivity contribution in [2.24, 2.45) is 0 Å². The summed E-state index contributed by atoms with van der Waals surface area (Å²) in [5.41, 5.74) is 0.855. The minimum Gasteiger partial charge on any atom is -0.465 e. The number of rotatable bonds is 1. The number of benzene rings is 1. The third-order valence-corrected chi connectivity index (χ3v) is 4.48. The zero-order valence-electron chi connectivity index (χ0n) is 11.5. The molecule has 1 fully saturated rings. The van der Waals surface area contributed by atoms with Crippen molar-refractivity contribution in [3.8, 4) is 0 Å². The van der Waals surface area contributed by atoms with E-state index in [0.29, 0.717) is 5.66 Å². The number of hydrogen-bond acceptors (Lipinski definition) is 3. The molecule has 3 rings (SSSR count). The highest BCUT2D eigenvalue weighted by Crippen LogP contribution is 2.36. The summed E-state index contributed by atoms with van der Waals surface area (Å²) in [5, 5.41) is 1.04. The van der Waals surface area contributed by atoms with E-state index in [1.807, 2.05) is 52.0 Å². The molecule has 1 aromatic heterocycles. The van der Waals surface area contributed by atoms with E-state index in [1.54, 1.807) is 0 Å². The first-order chi connectivity index (χ1) is 8.78. The summed E-state index contributed by atoms with van der Waals surface area (Å²) in [5.74, 6) is 0. The molecule has 0 unspecified atom stereocenters. The molecule has 1 saturated heterocycles. The lowest BCUT2D eigenvalue weighted by Crippen LogP contribution is -2.41. The van der Waals surface area contributed by atoms with Gasteiger partial charge in [0, 0.05) is 9.86 Å². The van der Waals surface area contributed by atoms with E-state index in [0.717, 1.165) is 15.4 Å². The van der Waals surface area contributed by atoms with E-state index in [-0.39, 0.29) is 11.2 Å². The maximum atomic E-state index is 5.98. The Morgan fingerprint density at radius 3 is 2.26 bits per heavy atom. The zero-order chi connectivity index (χ0) is 13.8. The number of hydrogen-bond donors (Lipinski definition) is 0. The van der Waals surface area contributed by atoms with Crippen molar-refractivity contribution in [1.82, 2.24) is 0 Å². The molecule has 2 heterocycles. The van der Waals surface area contributed by atoms with Crippen molar-refractivity contribution in [2.45, 2.75) is 38.9 Å². The van der Waals surface area contributed by atoms with Crippen molar-refractivity contribution in [1.29, 1.82) is 0 Å². The quantitative estimate of drug-likeness (QED) is 0.753. The van der Waals surface area contributed by atoms with Crippen LogP contribution in [0.2, 0.25) is 0 Å². The molecule has 3 nitrogen and oxygen atoms in total. The molecule has 0 N–H and O–H groups in total. The molecule has 0 bridgehead atoms. The molecular weight excluding hydrogens is 307 g/mol. The first kappa shape index (κ1) is 13.2. The van der Waals surface area contributed by atoms with Crippen LogP contribution >= 0.6 is 15.9 Å². The summed E-state index contributed by atoms with van der Waals surface area (Å²) in [4.78, 5) is 0. The van der Waals surface area contributed by atoms with Gasteiger partial charge in [-0.2, -0.15) is 0 Å². The monoisotopic (exact) mass is 322 g/mol. The fourth-order valence-electron chi connectivity index (χ4n) is 2.11. The summed E-state index contributed by atoms with van der Waals surface area (Å²) in [6.45, 7) is 8.14. The Bertz CT molecular complexity index is 617. The van der Waals surface area contributed by atoms with Crippen LogP contribution in [0.25, 0.3) is 11.0 Å². The van der Waals surface area contributed by atoms with E-state index in [9.17, 15) is 0 Å². The number of halogens is 1. The van der Waals surface area contributed by atoms with Gasteiger partial charge in [0.25, 0.3) is 0 Å². The first-order valence-corrected chi connectivity index (χ1v) is 7.12. The van der Waals surface area contributed by atoms with Crippen LogP contribution in [0, 0.1) is 0 Å². The maximum absolute atomic E-state index is 5.98. The molecule has 1 aliphatic rings. The van der Waals surface area contributed by atoms with Crippen LogP contribution in [0.3, 0.4) is 0 Å². The Kier molecular flexibility index (Phi) is 2.86. The molecule has 5 heteroatoms. The highest BCUT2D eigenvalue weighted by molar-refractivity contribution is 9.10. The topological polar surface area (TPSA) is 31.6 Å². The van der Waals surface area contributed by atoms with Gasteiger partial charge < -0.3 is 13.7 Å². The summed E-state index contributed by atoms with van der Waals surface area (Å²) < 4.78 is 18.8.